The number of morpholine rings is 1. The first-order valence-corrected chi connectivity index (χ1v) is 18.3. The smallest absolute Gasteiger partial charge is 0.408 e. The predicted octanol–water partition coefficient (Wildman–Crippen LogP) is 6.74. The van der Waals surface area contributed by atoms with E-state index in [1.165, 1.54) is 28.9 Å². The number of sulfonamides is 1. The van der Waals surface area contributed by atoms with Gasteiger partial charge in [-0.05, 0) is 79.8 Å². The number of hydrogen-bond donors (Lipinski definition) is 0. The number of fused-ring (bicyclic) bond motifs is 2. The second kappa shape index (κ2) is 11.2. The fraction of sp³-hybridized carbons (Fsp3) is 0.345. The van der Waals surface area contributed by atoms with Gasteiger partial charge in [-0.3, -0.25) is 0 Å². The van der Waals surface area contributed by atoms with E-state index in [0.29, 0.717) is 53.1 Å². The van der Waals surface area contributed by atoms with Gasteiger partial charge in [0, 0.05) is 42.5 Å². The monoisotopic (exact) mass is 680 g/mol. The van der Waals surface area contributed by atoms with E-state index in [1.54, 1.807) is 18.2 Å². The van der Waals surface area contributed by atoms with Gasteiger partial charge < -0.3 is 14.4 Å². The van der Waals surface area contributed by atoms with Crippen molar-refractivity contribution in [2.45, 2.75) is 30.6 Å². The summed E-state index contributed by atoms with van der Waals surface area (Å²) in [6, 6.07) is 12.7. The molecule has 0 spiro atoms. The number of nitrogens with zero attached hydrogens (tertiary/aromatic N) is 4. The molecule has 3 aromatic rings. The van der Waals surface area contributed by atoms with Crippen LogP contribution in [0.2, 0.25) is 15.1 Å². The van der Waals surface area contributed by atoms with Crippen molar-refractivity contribution in [3.63, 3.8) is 0 Å². The first kappa shape index (κ1) is 29.4. The van der Waals surface area contributed by atoms with Crippen LogP contribution in [0.25, 0.3) is 0 Å². The van der Waals surface area contributed by atoms with Gasteiger partial charge in [-0.1, -0.05) is 34.8 Å². The number of benzene rings is 3. The molecule has 43 heavy (non-hydrogen) atoms. The molecular formula is C29H28Cl3N4O5PS. The lowest BCUT2D eigenvalue weighted by atomic mass is 9.91. The molecule has 3 aromatic carbocycles. The van der Waals surface area contributed by atoms with Crippen molar-refractivity contribution in [1.29, 1.82) is 0 Å². The lowest BCUT2D eigenvalue weighted by Gasteiger charge is -2.48. The largest absolute Gasteiger partial charge is 0.425 e. The quantitative estimate of drug-likeness (QED) is 0.282. The summed E-state index contributed by atoms with van der Waals surface area (Å²) in [6.45, 7) is 3.28. The maximum atomic E-state index is 14.3. The molecule has 1 fully saturated rings. The van der Waals surface area contributed by atoms with Crippen molar-refractivity contribution in [1.82, 2.24) is 4.67 Å². The zero-order valence-corrected chi connectivity index (χ0v) is 27.0. The third kappa shape index (κ3) is 4.96. The lowest BCUT2D eigenvalue weighted by Crippen LogP contribution is -2.50. The molecule has 4 aliphatic heterocycles. The van der Waals surface area contributed by atoms with Crippen LogP contribution < -0.4 is 19.6 Å². The van der Waals surface area contributed by atoms with Crippen LogP contribution in [-0.4, -0.2) is 58.6 Å². The molecule has 0 bridgehead atoms. The van der Waals surface area contributed by atoms with Crippen LogP contribution in [0.4, 0.5) is 16.2 Å². The van der Waals surface area contributed by atoms with Gasteiger partial charge in [0.25, 0.3) is 10.0 Å². The van der Waals surface area contributed by atoms with Gasteiger partial charge in [0.15, 0.2) is 7.36 Å². The van der Waals surface area contributed by atoms with Gasteiger partial charge in [0.1, 0.15) is 5.75 Å². The molecule has 4 heterocycles. The average molecular weight is 682 g/mol. The molecule has 1 atom stereocenters. The molecule has 7 rings (SSSR count). The summed E-state index contributed by atoms with van der Waals surface area (Å²) in [5, 5.41) is 1.52. The van der Waals surface area contributed by atoms with Crippen molar-refractivity contribution in [2.75, 3.05) is 49.0 Å². The molecule has 0 radical (unpaired) electrons. The minimum absolute atomic E-state index is 0.0235. The Kier molecular flexibility index (Phi) is 7.70. The SMILES string of the molecule is O=C1Oc2c(cc3c4c2CCCN4CCC3)P(=NS(=O)(=O)c2ccc(Cl)cc2)(N2CCOCC2)N1c1ccc(Cl)c(Cl)c1. The number of carbonyl (C=O) groups is 1. The van der Waals surface area contributed by atoms with Gasteiger partial charge >= 0.3 is 6.09 Å². The second-order valence-corrected chi connectivity index (χ2v) is 16.7. The van der Waals surface area contributed by atoms with Crippen molar-refractivity contribution < 1.29 is 22.7 Å². The number of carbonyl (C=O) groups excluding carboxylic acids is 1. The summed E-state index contributed by atoms with van der Waals surface area (Å²) >= 11 is 18.8. The number of halogens is 3. The number of hydrogen-bond acceptors (Lipinski definition) is 6. The average Bonchev–Trinajstić information content (AvgIpc) is 3.00. The zero-order chi connectivity index (χ0) is 29.9. The van der Waals surface area contributed by atoms with E-state index >= 15 is 0 Å². The Morgan fingerprint density at radius 1 is 0.860 bits per heavy atom. The van der Waals surface area contributed by atoms with Crippen molar-refractivity contribution >= 4 is 75.0 Å². The molecular weight excluding hydrogens is 654 g/mol. The first-order valence-electron chi connectivity index (χ1n) is 14.1. The Bertz CT molecular complexity index is 1800. The number of rotatable bonds is 4. The van der Waals surface area contributed by atoms with E-state index < -0.39 is 23.5 Å². The van der Waals surface area contributed by atoms with Crippen LogP contribution in [-0.2, 0) is 27.6 Å². The van der Waals surface area contributed by atoms with Crippen LogP contribution in [0.5, 0.6) is 5.75 Å². The van der Waals surface area contributed by atoms with Gasteiger partial charge in [-0.25, -0.2) is 14.1 Å². The third-order valence-corrected chi connectivity index (χ3v) is 15.0. The highest BCUT2D eigenvalue weighted by Crippen LogP contribution is 2.64. The summed E-state index contributed by atoms with van der Waals surface area (Å²) in [5.74, 6) is 0.418. The molecule has 9 nitrogen and oxygen atoms in total. The number of amides is 1. The first-order chi connectivity index (χ1) is 20.7. The highest BCUT2D eigenvalue weighted by atomic mass is 35.5. The predicted molar refractivity (Wildman–Crippen MR) is 170 cm³/mol. The molecule has 0 saturated carbocycles. The Morgan fingerprint density at radius 3 is 2.30 bits per heavy atom. The van der Waals surface area contributed by atoms with Gasteiger partial charge in [-0.15, -0.1) is 4.15 Å². The van der Waals surface area contributed by atoms with E-state index in [9.17, 15) is 13.2 Å². The van der Waals surface area contributed by atoms with Gasteiger partial charge in [0.05, 0.1) is 39.1 Å². The van der Waals surface area contributed by atoms with E-state index in [1.807, 2.05) is 10.7 Å². The summed E-state index contributed by atoms with van der Waals surface area (Å²) < 4.78 is 48.7. The highest BCUT2D eigenvalue weighted by Gasteiger charge is 2.51. The lowest BCUT2D eigenvalue weighted by molar-refractivity contribution is 0.0742. The Balaban J connectivity index is 1.60. The van der Waals surface area contributed by atoms with E-state index in [4.69, 9.17) is 48.4 Å². The summed E-state index contributed by atoms with van der Waals surface area (Å²) in [6.07, 6.45) is 2.71. The molecule has 226 valence electrons. The molecule has 1 amide bonds. The standard InChI is InChI=1S/C29H28Cl3N4O5PS/c30-20-5-8-22(9-6-20)43(38,39)33-42(35-13-15-40-16-14-35)26-17-19-3-1-11-34-12-2-4-23(27(19)34)28(26)41-29(37)36(42)21-7-10-24(31)25(32)18-21/h5-10,17-18H,1-4,11-16H2. The maximum Gasteiger partial charge on any atom is 0.425 e. The van der Waals surface area contributed by atoms with Crippen LogP contribution in [0, 0.1) is 0 Å². The fourth-order valence-corrected chi connectivity index (χ4v) is 13.0. The Hall–Kier alpha value is -2.30. The number of ether oxygens (including phenoxy) is 2. The second-order valence-electron chi connectivity index (χ2n) is 10.8. The Morgan fingerprint density at radius 2 is 1.58 bits per heavy atom. The van der Waals surface area contributed by atoms with Crippen LogP contribution >= 0.6 is 42.2 Å². The minimum Gasteiger partial charge on any atom is -0.408 e. The van der Waals surface area contributed by atoms with Gasteiger partial charge in [-0.2, -0.15) is 8.42 Å². The summed E-state index contributed by atoms with van der Waals surface area (Å²) in [7, 11) is -8.00. The summed E-state index contributed by atoms with van der Waals surface area (Å²) in [5.41, 5.74) is 3.50. The number of aryl methyl sites for hydroxylation is 1. The molecule has 0 aliphatic carbocycles. The van der Waals surface area contributed by atoms with E-state index in [0.717, 1.165) is 55.6 Å². The van der Waals surface area contributed by atoms with Crippen LogP contribution in [0.1, 0.15) is 24.0 Å². The molecule has 0 aromatic heterocycles. The molecule has 1 unspecified atom stereocenters. The minimum atomic E-state index is -4.33. The number of anilines is 2. The molecule has 14 heteroatoms. The van der Waals surface area contributed by atoms with Crippen molar-refractivity contribution in [3.05, 3.63) is 74.7 Å². The molecule has 0 N–H and O–H groups in total. The topological polar surface area (TPSA) is 91.7 Å². The molecule has 4 aliphatic rings. The maximum absolute atomic E-state index is 14.3. The third-order valence-electron chi connectivity index (χ3n) is 8.28. The van der Waals surface area contributed by atoms with E-state index in [2.05, 4.69) is 4.90 Å². The Labute approximate surface area is 265 Å². The van der Waals surface area contributed by atoms with Crippen LogP contribution in [0.15, 0.2) is 57.6 Å². The normalized spacial score (nSPS) is 22.1. The summed E-state index contributed by atoms with van der Waals surface area (Å²) in [4.78, 5) is 16.7. The zero-order valence-electron chi connectivity index (χ0n) is 23.0. The van der Waals surface area contributed by atoms with Crippen LogP contribution in [0.3, 0.4) is 0 Å². The fourth-order valence-electron chi connectivity index (χ4n) is 6.43. The van der Waals surface area contributed by atoms with Gasteiger partial charge in [0.2, 0.25) is 0 Å². The van der Waals surface area contributed by atoms with Crippen molar-refractivity contribution in [3.8, 4) is 5.75 Å². The van der Waals surface area contributed by atoms with E-state index in [-0.39, 0.29) is 9.92 Å². The highest BCUT2D eigenvalue weighted by molar-refractivity contribution is 7.95. The molecule has 1 saturated heterocycles. The van der Waals surface area contributed by atoms with Crippen molar-refractivity contribution in [2.24, 2.45) is 4.15 Å².